The van der Waals surface area contributed by atoms with Gasteiger partial charge >= 0.3 is 0 Å². The van der Waals surface area contributed by atoms with Gasteiger partial charge in [0.25, 0.3) is 0 Å². The van der Waals surface area contributed by atoms with E-state index in [1.807, 2.05) is 12.1 Å². The summed E-state index contributed by atoms with van der Waals surface area (Å²) in [7, 11) is 0. The Morgan fingerprint density at radius 2 is 1.90 bits per heavy atom. The summed E-state index contributed by atoms with van der Waals surface area (Å²) >= 11 is 0. The molecule has 3 N–H and O–H groups in total. The van der Waals surface area contributed by atoms with Crippen LogP contribution in [-0.2, 0) is 6.42 Å². The van der Waals surface area contributed by atoms with Crippen LogP contribution in [0.5, 0.6) is 5.75 Å². The lowest BCUT2D eigenvalue weighted by atomic mass is 10.1. The van der Waals surface area contributed by atoms with E-state index in [9.17, 15) is 0 Å². The van der Waals surface area contributed by atoms with Crippen molar-refractivity contribution in [3.8, 4) is 5.75 Å². The molecule has 1 aromatic carbocycles. The fourth-order valence-corrected chi connectivity index (χ4v) is 2.07. The molecular formula is C16H28N2O2. The minimum atomic E-state index is 0.206. The lowest BCUT2D eigenvalue weighted by Gasteiger charge is -2.21. The largest absolute Gasteiger partial charge is 0.492 e. The normalized spacial score (nSPS) is 11.0. The topological polar surface area (TPSA) is 58.7 Å². The third kappa shape index (κ3) is 6.89. The summed E-state index contributed by atoms with van der Waals surface area (Å²) in [4.78, 5) is 2.24. The van der Waals surface area contributed by atoms with E-state index in [4.69, 9.17) is 15.6 Å². The zero-order valence-electron chi connectivity index (χ0n) is 12.6. The monoisotopic (exact) mass is 280 g/mol. The van der Waals surface area contributed by atoms with Crippen LogP contribution in [0.15, 0.2) is 24.3 Å². The maximum atomic E-state index is 9.04. The van der Waals surface area contributed by atoms with Crippen LogP contribution in [0.25, 0.3) is 0 Å². The highest BCUT2D eigenvalue weighted by atomic mass is 16.5. The van der Waals surface area contributed by atoms with Crippen LogP contribution in [0.2, 0.25) is 0 Å². The Hall–Kier alpha value is -1.10. The summed E-state index contributed by atoms with van der Waals surface area (Å²) in [6.45, 7) is 6.31. The quantitative estimate of drug-likeness (QED) is 0.647. The minimum Gasteiger partial charge on any atom is -0.492 e. The first-order valence-corrected chi connectivity index (χ1v) is 7.55. The van der Waals surface area contributed by atoms with Crippen LogP contribution in [-0.4, -0.2) is 49.4 Å². The standard InChI is InChI=1S/C16H28N2O2/c1-2-3-10-18(11-13-19)12-14-20-16-6-4-15(5-7-16)8-9-17/h4-7,19H,2-3,8-14,17H2,1H3. The number of nitrogens with two attached hydrogens (primary N) is 1. The maximum Gasteiger partial charge on any atom is 0.119 e. The highest BCUT2D eigenvalue weighted by Gasteiger charge is 2.04. The molecule has 4 heteroatoms. The Labute approximate surface area is 122 Å². The van der Waals surface area contributed by atoms with E-state index in [0.29, 0.717) is 13.2 Å². The molecule has 0 bridgehead atoms. The van der Waals surface area contributed by atoms with Gasteiger partial charge in [-0.25, -0.2) is 0 Å². The van der Waals surface area contributed by atoms with E-state index in [1.165, 1.54) is 12.0 Å². The summed E-state index contributed by atoms with van der Waals surface area (Å²) in [5.74, 6) is 0.894. The van der Waals surface area contributed by atoms with Gasteiger partial charge in [0.2, 0.25) is 0 Å². The fourth-order valence-electron chi connectivity index (χ4n) is 2.07. The number of aliphatic hydroxyl groups excluding tert-OH is 1. The second-order valence-electron chi connectivity index (χ2n) is 4.95. The molecule has 0 saturated heterocycles. The Morgan fingerprint density at radius 1 is 1.15 bits per heavy atom. The third-order valence-corrected chi connectivity index (χ3v) is 3.28. The molecule has 0 aliphatic heterocycles. The summed E-state index contributed by atoms with van der Waals surface area (Å²) < 4.78 is 5.74. The molecule has 0 atom stereocenters. The van der Waals surface area contributed by atoms with Gasteiger partial charge in [0.1, 0.15) is 12.4 Å². The number of ether oxygens (including phenoxy) is 1. The van der Waals surface area contributed by atoms with Gasteiger partial charge in [-0.1, -0.05) is 25.5 Å². The van der Waals surface area contributed by atoms with Crippen molar-refractivity contribution in [2.24, 2.45) is 5.73 Å². The van der Waals surface area contributed by atoms with E-state index >= 15 is 0 Å². The van der Waals surface area contributed by atoms with Crippen LogP contribution in [0.3, 0.4) is 0 Å². The summed E-state index contributed by atoms with van der Waals surface area (Å²) in [5.41, 5.74) is 6.76. The predicted octanol–water partition coefficient (Wildman–Crippen LogP) is 1.66. The van der Waals surface area contributed by atoms with Gasteiger partial charge in [-0.05, 0) is 43.6 Å². The summed E-state index contributed by atoms with van der Waals surface area (Å²) in [5, 5.41) is 9.04. The maximum absolute atomic E-state index is 9.04. The van der Waals surface area contributed by atoms with Gasteiger partial charge in [0.05, 0.1) is 6.61 Å². The summed E-state index contributed by atoms with van der Waals surface area (Å²) in [6.07, 6.45) is 3.24. The van der Waals surface area contributed by atoms with Gasteiger partial charge < -0.3 is 15.6 Å². The van der Waals surface area contributed by atoms with Crippen molar-refractivity contribution in [3.05, 3.63) is 29.8 Å². The van der Waals surface area contributed by atoms with E-state index in [2.05, 4.69) is 24.0 Å². The highest BCUT2D eigenvalue weighted by Crippen LogP contribution is 2.12. The fraction of sp³-hybridized carbons (Fsp3) is 0.625. The molecule has 1 rings (SSSR count). The molecule has 4 nitrogen and oxygen atoms in total. The van der Waals surface area contributed by atoms with Gasteiger partial charge in [-0.15, -0.1) is 0 Å². The zero-order valence-corrected chi connectivity index (χ0v) is 12.6. The first-order chi connectivity index (χ1) is 9.80. The predicted molar refractivity (Wildman–Crippen MR) is 83.1 cm³/mol. The molecular weight excluding hydrogens is 252 g/mol. The van der Waals surface area contributed by atoms with Crippen molar-refractivity contribution in [2.45, 2.75) is 26.2 Å². The first kappa shape index (κ1) is 17.0. The molecule has 0 heterocycles. The van der Waals surface area contributed by atoms with Crippen molar-refractivity contribution in [3.63, 3.8) is 0 Å². The van der Waals surface area contributed by atoms with Crippen molar-refractivity contribution in [2.75, 3.05) is 39.4 Å². The number of aliphatic hydroxyl groups is 1. The number of hydrogen-bond acceptors (Lipinski definition) is 4. The lowest BCUT2D eigenvalue weighted by Crippen LogP contribution is -2.32. The molecule has 20 heavy (non-hydrogen) atoms. The van der Waals surface area contributed by atoms with Crippen molar-refractivity contribution in [1.82, 2.24) is 4.90 Å². The first-order valence-electron chi connectivity index (χ1n) is 7.55. The SMILES string of the molecule is CCCCN(CCO)CCOc1ccc(CCN)cc1. The number of nitrogens with zero attached hydrogens (tertiary/aromatic N) is 1. The Morgan fingerprint density at radius 3 is 2.50 bits per heavy atom. The second-order valence-corrected chi connectivity index (χ2v) is 4.95. The van der Waals surface area contributed by atoms with Gasteiger partial charge in [0.15, 0.2) is 0 Å². The van der Waals surface area contributed by atoms with E-state index in [0.717, 1.165) is 38.2 Å². The number of benzene rings is 1. The average Bonchev–Trinajstić information content (AvgIpc) is 2.47. The van der Waals surface area contributed by atoms with Gasteiger partial charge in [-0.3, -0.25) is 4.90 Å². The molecule has 0 spiro atoms. The van der Waals surface area contributed by atoms with Crippen LogP contribution >= 0.6 is 0 Å². The zero-order chi connectivity index (χ0) is 14.6. The van der Waals surface area contributed by atoms with Crippen molar-refractivity contribution < 1.29 is 9.84 Å². The number of rotatable bonds is 11. The third-order valence-electron chi connectivity index (χ3n) is 3.28. The number of hydrogen-bond donors (Lipinski definition) is 2. The molecule has 0 aromatic heterocycles. The van der Waals surface area contributed by atoms with Crippen molar-refractivity contribution in [1.29, 1.82) is 0 Å². The molecule has 114 valence electrons. The molecule has 0 fully saturated rings. The van der Waals surface area contributed by atoms with E-state index in [-0.39, 0.29) is 6.61 Å². The molecule has 0 aliphatic carbocycles. The summed E-state index contributed by atoms with van der Waals surface area (Å²) in [6, 6.07) is 8.11. The van der Waals surface area contributed by atoms with Gasteiger partial charge in [-0.2, -0.15) is 0 Å². The molecule has 0 amide bonds. The van der Waals surface area contributed by atoms with Gasteiger partial charge in [0, 0.05) is 13.1 Å². The second kappa shape index (κ2) is 10.7. The smallest absolute Gasteiger partial charge is 0.119 e. The Kier molecular flexibility index (Phi) is 9.04. The lowest BCUT2D eigenvalue weighted by molar-refractivity contribution is 0.167. The van der Waals surface area contributed by atoms with Crippen molar-refractivity contribution >= 4 is 0 Å². The Balaban J connectivity index is 2.30. The van der Waals surface area contributed by atoms with Crippen LogP contribution in [0.4, 0.5) is 0 Å². The molecule has 0 unspecified atom stereocenters. The van der Waals surface area contributed by atoms with Crippen LogP contribution in [0, 0.1) is 0 Å². The van der Waals surface area contributed by atoms with Crippen LogP contribution < -0.4 is 10.5 Å². The Bertz CT molecular complexity index is 341. The highest BCUT2D eigenvalue weighted by molar-refractivity contribution is 5.27. The van der Waals surface area contributed by atoms with E-state index < -0.39 is 0 Å². The molecule has 0 radical (unpaired) electrons. The average molecular weight is 280 g/mol. The van der Waals surface area contributed by atoms with Crippen LogP contribution in [0.1, 0.15) is 25.3 Å². The van der Waals surface area contributed by atoms with E-state index in [1.54, 1.807) is 0 Å². The molecule has 0 aliphatic rings. The number of unbranched alkanes of at least 4 members (excludes halogenated alkanes) is 1. The minimum absolute atomic E-state index is 0.206. The molecule has 0 saturated carbocycles. The molecule has 1 aromatic rings.